The van der Waals surface area contributed by atoms with Crippen LogP contribution in [0.3, 0.4) is 0 Å². The van der Waals surface area contributed by atoms with Crippen LogP contribution < -0.4 is 10.0 Å². The molecule has 122 valence electrons. The van der Waals surface area contributed by atoms with Crippen molar-refractivity contribution in [3.63, 3.8) is 0 Å². The van der Waals surface area contributed by atoms with Crippen LogP contribution in [0.1, 0.15) is 23.7 Å². The molecular weight excluding hydrogens is 312 g/mol. The molecule has 0 aliphatic carbocycles. The first-order valence-corrected chi connectivity index (χ1v) is 7.97. The Morgan fingerprint density at radius 1 is 1.36 bits per heavy atom. The van der Waals surface area contributed by atoms with Gasteiger partial charge in [-0.3, -0.25) is 4.79 Å². The summed E-state index contributed by atoms with van der Waals surface area (Å²) in [5.74, 6) is -1.84. The number of sulfonamides is 1. The Morgan fingerprint density at radius 2 is 2.00 bits per heavy atom. The number of carbonyl (C=O) groups is 2. The fraction of sp³-hybridized carbons (Fsp3) is 0.385. The van der Waals surface area contributed by atoms with Crippen LogP contribution in [0.4, 0.5) is 5.69 Å². The first-order valence-electron chi connectivity index (χ1n) is 6.42. The number of carboxylic acids is 1. The summed E-state index contributed by atoms with van der Waals surface area (Å²) in [6.45, 7) is 1.91. The molecule has 0 aliphatic heterocycles. The number of nitrogens with two attached hydrogens (primary N) is 1. The number of hydrogen-bond acceptors (Lipinski definition) is 6. The monoisotopic (exact) mass is 330 g/mol. The SMILES string of the molecule is CCCN(CC(=O)O)c1ccc(S(N)(=O)=O)cc1C(=O)OC. The second kappa shape index (κ2) is 7.23. The van der Waals surface area contributed by atoms with Gasteiger partial charge in [0.05, 0.1) is 23.3 Å². The van der Waals surface area contributed by atoms with Crippen molar-refractivity contribution in [2.24, 2.45) is 5.14 Å². The normalized spacial score (nSPS) is 11.0. The predicted molar refractivity (Wildman–Crippen MR) is 79.3 cm³/mol. The summed E-state index contributed by atoms with van der Waals surface area (Å²) in [6, 6.07) is 3.66. The summed E-state index contributed by atoms with van der Waals surface area (Å²) in [6.07, 6.45) is 0.644. The van der Waals surface area contributed by atoms with E-state index in [9.17, 15) is 18.0 Å². The first kappa shape index (κ1) is 17.9. The summed E-state index contributed by atoms with van der Waals surface area (Å²) in [5, 5.41) is 14.0. The van der Waals surface area contributed by atoms with Gasteiger partial charge in [0.25, 0.3) is 0 Å². The third kappa shape index (κ3) is 4.43. The fourth-order valence-corrected chi connectivity index (χ4v) is 2.50. The van der Waals surface area contributed by atoms with Gasteiger partial charge in [0, 0.05) is 6.54 Å². The van der Waals surface area contributed by atoms with Gasteiger partial charge in [-0.2, -0.15) is 0 Å². The number of aliphatic carboxylic acids is 1. The van der Waals surface area contributed by atoms with Crippen LogP contribution in [-0.4, -0.2) is 45.7 Å². The number of primary sulfonamides is 1. The van der Waals surface area contributed by atoms with Gasteiger partial charge in [0.2, 0.25) is 10.0 Å². The summed E-state index contributed by atoms with van der Waals surface area (Å²) >= 11 is 0. The molecule has 3 N–H and O–H groups in total. The quantitative estimate of drug-likeness (QED) is 0.694. The molecule has 0 heterocycles. The van der Waals surface area contributed by atoms with E-state index in [1.807, 2.05) is 6.92 Å². The van der Waals surface area contributed by atoms with E-state index in [-0.39, 0.29) is 22.7 Å². The van der Waals surface area contributed by atoms with Gasteiger partial charge in [-0.15, -0.1) is 0 Å². The van der Waals surface area contributed by atoms with E-state index in [1.165, 1.54) is 17.0 Å². The maximum atomic E-state index is 11.9. The average Bonchev–Trinajstić information content (AvgIpc) is 2.44. The zero-order valence-corrected chi connectivity index (χ0v) is 13.1. The largest absolute Gasteiger partial charge is 0.480 e. The standard InChI is InChI=1S/C13H18N2O6S/c1-3-6-15(8-12(16)17)11-5-4-9(22(14,19)20)7-10(11)13(18)21-2/h4-5,7H,3,6,8H2,1-2H3,(H,16,17)(H2,14,19,20). The number of benzene rings is 1. The van der Waals surface area contributed by atoms with Crippen molar-refractivity contribution < 1.29 is 27.9 Å². The number of rotatable bonds is 7. The van der Waals surface area contributed by atoms with Crippen molar-refractivity contribution in [1.29, 1.82) is 0 Å². The molecule has 0 radical (unpaired) electrons. The maximum Gasteiger partial charge on any atom is 0.340 e. The zero-order chi connectivity index (χ0) is 16.9. The highest BCUT2D eigenvalue weighted by Crippen LogP contribution is 2.25. The van der Waals surface area contributed by atoms with Crippen molar-refractivity contribution in [2.75, 3.05) is 25.1 Å². The van der Waals surface area contributed by atoms with E-state index in [2.05, 4.69) is 4.74 Å². The molecule has 0 fully saturated rings. The number of carbonyl (C=O) groups excluding carboxylic acids is 1. The van der Waals surface area contributed by atoms with Crippen LogP contribution in [-0.2, 0) is 19.6 Å². The molecular formula is C13H18N2O6S. The zero-order valence-electron chi connectivity index (χ0n) is 12.3. The van der Waals surface area contributed by atoms with Crippen LogP contribution in [0.5, 0.6) is 0 Å². The van der Waals surface area contributed by atoms with E-state index >= 15 is 0 Å². The van der Waals surface area contributed by atoms with Crippen molar-refractivity contribution >= 4 is 27.6 Å². The van der Waals surface area contributed by atoms with Gasteiger partial charge >= 0.3 is 11.9 Å². The lowest BCUT2D eigenvalue weighted by molar-refractivity contribution is -0.135. The lowest BCUT2D eigenvalue weighted by Crippen LogP contribution is -2.32. The minimum atomic E-state index is -3.99. The topological polar surface area (TPSA) is 127 Å². The number of ether oxygens (including phenoxy) is 1. The van der Waals surface area contributed by atoms with Crippen LogP contribution in [0.2, 0.25) is 0 Å². The summed E-state index contributed by atoms with van der Waals surface area (Å²) in [4.78, 5) is 24.0. The summed E-state index contributed by atoms with van der Waals surface area (Å²) < 4.78 is 27.4. The molecule has 0 spiro atoms. The molecule has 0 saturated heterocycles. The number of carboxylic acid groups (broad SMARTS) is 1. The van der Waals surface area contributed by atoms with E-state index in [1.54, 1.807) is 0 Å². The minimum Gasteiger partial charge on any atom is -0.480 e. The van der Waals surface area contributed by atoms with Gasteiger partial charge in [0.1, 0.15) is 6.54 Å². The Bertz CT molecular complexity index is 671. The highest BCUT2D eigenvalue weighted by molar-refractivity contribution is 7.89. The van der Waals surface area contributed by atoms with E-state index in [0.29, 0.717) is 13.0 Å². The van der Waals surface area contributed by atoms with Crippen molar-refractivity contribution in [3.05, 3.63) is 23.8 Å². The van der Waals surface area contributed by atoms with Crippen LogP contribution in [0, 0.1) is 0 Å². The number of esters is 1. The molecule has 8 nitrogen and oxygen atoms in total. The number of nitrogens with zero attached hydrogens (tertiary/aromatic N) is 1. The highest BCUT2D eigenvalue weighted by Gasteiger charge is 2.21. The Morgan fingerprint density at radius 3 is 2.45 bits per heavy atom. The molecule has 1 aromatic rings. The van der Waals surface area contributed by atoms with Gasteiger partial charge < -0.3 is 14.7 Å². The fourth-order valence-electron chi connectivity index (χ4n) is 1.96. The average molecular weight is 330 g/mol. The number of anilines is 1. The highest BCUT2D eigenvalue weighted by atomic mass is 32.2. The molecule has 9 heteroatoms. The second-order valence-electron chi connectivity index (χ2n) is 4.53. The Balaban J connectivity index is 3.44. The number of methoxy groups -OCH3 is 1. The molecule has 0 atom stereocenters. The smallest absolute Gasteiger partial charge is 0.340 e. The summed E-state index contributed by atoms with van der Waals surface area (Å²) in [7, 11) is -2.84. The minimum absolute atomic E-state index is 0.0521. The molecule has 0 aliphatic rings. The van der Waals surface area contributed by atoms with Crippen molar-refractivity contribution in [2.45, 2.75) is 18.2 Å². The maximum absolute atomic E-state index is 11.9. The lowest BCUT2D eigenvalue weighted by Gasteiger charge is -2.24. The van der Waals surface area contributed by atoms with Crippen molar-refractivity contribution in [1.82, 2.24) is 0 Å². The second-order valence-corrected chi connectivity index (χ2v) is 6.09. The van der Waals surface area contributed by atoms with E-state index in [4.69, 9.17) is 10.2 Å². The van der Waals surface area contributed by atoms with Crippen LogP contribution in [0.15, 0.2) is 23.1 Å². The third-order valence-electron chi connectivity index (χ3n) is 2.86. The Labute approximate surface area is 128 Å². The van der Waals surface area contributed by atoms with Crippen LogP contribution in [0.25, 0.3) is 0 Å². The van der Waals surface area contributed by atoms with Crippen molar-refractivity contribution in [3.8, 4) is 0 Å². The molecule has 0 unspecified atom stereocenters. The molecule has 0 saturated carbocycles. The van der Waals surface area contributed by atoms with Gasteiger partial charge in [0.15, 0.2) is 0 Å². The summed E-state index contributed by atoms with van der Waals surface area (Å²) in [5.41, 5.74) is 0.229. The van der Waals surface area contributed by atoms with E-state index < -0.39 is 22.0 Å². The van der Waals surface area contributed by atoms with Gasteiger partial charge in [-0.25, -0.2) is 18.4 Å². The lowest BCUT2D eigenvalue weighted by atomic mass is 10.1. The Kier molecular flexibility index (Phi) is 5.89. The Hall–Kier alpha value is -2.13. The molecule has 0 amide bonds. The molecule has 1 aromatic carbocycles. The van der Waals surface area contributed by atoms with Gasteiger partial charge in [-0.05, 0) is 24.6 Å². The van der Waals surface area contributed by atoms with E-state index in [0.717, 1.165) is 13.2 Å². The predicted octanol–water partition coefficient (Wildman–Crippen LogP) is 0.422. The first-order chi connectivity index (χ1) is 10.2. The molecule has 1 rings (SSSR count). The number of hydrogen-bond donors (Lipinski definition) is 2. The van der Waals surface area contributed by atoms with Gasteiger partial charge in [-0.1, -0.05) is 6.92 Å². The third-order valence-corrected chi connectivity index (χ3v) is 3.77. The van der Waals surface area contributed by atoms with Crippen LogP contribution >= 0.6 is 0 Å². The molecule has 0 bridgehead atoms. The molecule has 22 heavy (non-hydrogen) atoms. The molecule has 0 aromatic heterocycles.